The number of carboxylic acid groups (broad SMARTS) is 1. The lowest BCUT2D eigenvalue weighted by Gasteiger charge is -2.35. The molecule has 4 rings (SSSR count). The van der Waals surface area contributed by atoms with Crippen LogP contribution >= 0.6 is 0 Å². The fraction of sp³-hybridized carbons (Fsp3) is 0.684. The molecule has 2 N–H and O–H groups in total. The van der Waals surface area contributed by atoms with Crippen molar-refractivity contribution in [1.29, 1.82) is 0 Å². The lowest BCUT2D eigenvalue weighted by molar-refractivity contribution is -0.192. The summed E-state index contributed by atoms with van der Waals surface area (Å²) in [6.07, 6.45) is 3.97. The predicted molar refractivity (Wildman–Crippen MR) is 99.7 cm³/mol. The molecule has 2 saturated heterocycles. The van der Waals surface area contributed by atoms with Gasteiger partial charge in [-0.2, -0.15) is 13.2 Å². The van der Waals surface area contributed by atoms with Crippen LogP contribution in [-0.2, 0) is 14.3 Å². The summed E-state index contributed by atoms with van der Waals surface area (Å²) in [6, 6.07) is 0.498. The minimum atomic E-state index is -5.08. The zero-order valence-corrected chi connectivity index (χ0v) is 16.6. The molecular formula is C19H24F4N4O4. The number of aromatic nitrogens is 2. The highest BCUT2D eigenvalue weighted by atomic mass is 19.4. The van der Waals surface area contributed by atoms with Gasteiger partial charge in [-0.15, -0.1) is 0 Å². The molecule has 0 radical (unpaired) electrons. The smallest absolute Gasteiger partial charge is 0.475 e. The van der Waals surface area contributed by atoms with E-state index in [1.807, 2.05) is 0 Å². The third-order valence-corrected chi connectivity index (χ3v) is 5.65. The van der Waals surface area contributed by atoms with Crippen LogP contribution in [0.15, 0.2) is 12.4 Å². The van der Waals surface area contributed by atoms with Gasteiger partial charge in [0.05, 0.1) is 24.5 Å². The molecule has 3 atom stereocenters. The van der Waals surface area contributed by atoms with Crippen LogP contribution in [0.3, 0.4) is 0 Å². The Morgan fingerprint density at radius 1 is 1.10 bits per heavy atom. The molecule has 1 aliphatic carbocycles. The Morgan fingerprint density at radius 3 is 2.29 bits per heavy atom. The van der Waals surface area contributed by atoms with Crippen LogP contribution in [0.5, 0.6) is 0 Å². The minimum absolute atomic E-state index is 0.0201. The fourth-order valence-corrected chi connectivity index (χ4v) is 4.19. The first-order valence-corrected chi connectivity index (χ1v) is 10.2. The molecule has 31 heavy (non-hydrogen) atoms. The van der Waals surface area contributed by atoms with Crippen LogP contribution in [0, 0.1) is 5.82 Å². The number of anilines is 1. The van der Waals surface area contributed by atoms with Crippen molar-refractivity contribution < 1.29 is 37.0 Å². The van der Waals surface area contributed by atoms with Crippen molar-refractivity contribution >= 4 is 17.8 Å². The lowest BCUT2D eigenvalue weighted by Crippen LogP contribution is -2.49. The van der Waals surface area contributed by atoms with Crippen molar-refractivity contribution in [3.05, 3.63) is 18.2 Å². The Labute approximate surface area is 176 Å². The summed E-state index contributed by atoms with van der Waals surface area (Å²) >= 11 is 0. The van der Waals surface area contributed by atoms with E-state index in [0.717, 1.165) is 32.2 Å². The second-order valence-electron chi connectivity index (χ2n) is 7.78. The zero-order valence-electron chi connectivity index (χ0n) is 16.6. The van der Waals surface area contributed by atoms with Gasteiger partial charge in [0, 0.05) is 12.6 Å². The van der Waals surface area contributed by atoms with E-state index in [4.69, 9.17) is 14.6 Å². The lowest BCUT2D eigenvalue weighted by atomic mass is 9.98. The number of fused-ring (bicyclic) bond motifs is 1. The van der Waals surface area contributed by atoms with E-state index in [2.05, 4.69) is 20.2 Å². The molecule has 3 fully saturated rings. The number of alkyl halides is 3. The van der Waals surface area contributed by atoms with Crippen LogP contribution < -0.4 is 10.2 Å². The van der Waals surface area contributed by atoms with E-state index in [1.165, 1.54) is 25.2 Å². The molecule has 1 aromatic heterocycles. The van der Waals surface area contributed by atoms with Gasteiger partial charge in [-0.05, 0) is 32.1 Å². The molecule has 1 saturated carbocycles. The molecule has 8 nitrogen and oxygen atoms in total. The number of aliphatic carboxylic acids is 1. The topological polar surface area (TPSA) is 105 Å². The van der Waals surface area contributed by atoms with Crippen LogP contribution in [0.4, 0.5) is 23.5 Å². The summed E-state index contributed by atoms with van der Waals surface area (Å²) < 4.78 is 50.8. The van der Waals surface area contributed by atoms with Crippen LogP contribution in [0.1, 0.15) is 44.9 Å². The maximum Gasteiger partial charge on any atom is 0.490 e. The number of carbonyl (C=O) groups excluding carboxylic acids is 1. The van der Waals surface area contributed by atoms with Crippen LogP contribution in [-0.4, -0.2) is 64.0 Å². The fourth-order valence-electron chi connectivity index (χ4n) is 4.19. The molecule has 172 valence electrons. The summed E-state index contributed by atoms with van der Waals surface area (Å²) in [5.41, 5.74) is 0. The van der Waals surface area contributed by atoms with Gasteiger partial charge in [-0.3, -0.25) is 4.79 Å². The molecule has 0 spiro atoms. The Morgan fingerprint density at radius 2 is 1.71 bits per heavy atom. The second-order valence-corrected chi connectivity index (χ2v) is 7.78. The van der Waals surface area contributed by atoms with Gasteiger partial charge in [0.25, 0.3) is 0 Å². The van der Waals surface area contributed by atoms with Gasteiger partial charge in [0.15, 0.2) is 5.82 Å². The van der Waals surface area contributed by atoms with Gasteiger partial charge in [-0.25, -0.2) is 19.2 Å². The maximum absolute atomic E-state index is 13.0. The standard InChI is InChI=1S/C17H23FN4O2.C2HF3O2/c18-11-9-19-17(20-10-11)22-8-7-14-13(22)5-6-15(24-14)16(23)21-12-3-1-2-4-12;3-2(4,5)1(6)7/h9-10,12-15H,1-8H2,(H,21,23);(H,6,7)/t13-,14-,15-;/m1./s1. The van der Waals surface area contributed by atoms with Crippen molar-refractivity contribution in [1.82, 2.24) is 15.3 Å². The maximum atomic E-state index is 13.0. The molecule has 0 unspecified atom stereocenters. The molecular weight excluding hydrogens is 424 g/mol. The molecule has 12 heteroatoms. The van der Waals surface area contributed by atoms with Crippen LogP contribution in [0.25, 0.3) is 0 Å². The average molecular weight is 448 g/mol. The van der Waals surface area contributed by atoms with E-state index in [-0.39, 0.29) is 24.2 Å². The predicted octanol–water partition coefficient (Wildman–Crippen LogP) is 2.43. The summed E-state index contributed by atoms with van der Waals surface area (Å²) in [5.74, 6) is -2.61. The van der Waals surface area contributed by atoms with Gasteiger partial charge < -0.3 is 20.1 Å². The number of hydrogen-bond donors (Lipinski definition) is 2. The number of carbonyl (C=O) groups is 2. The largest absolute Gasteiger partial charge is 0.490 e. The third-order valence-electron chi connectivity index (χ3n) is 5.65. The first-order chi connectivity index (χ1) is 14.6. The molecule has 3 heterocycles. The van der Waals surface area contributed by atoms with Crippen molar-refractivity contribution in [3.63, 3.8) is 0 Å². The molecule has 1 amide bonds. The van der Waals surface area contributed by atoms with E-state index in [0.29, 0.717) is 18.4 Å². The van der Waals surface area contributed by atoms with Crippen LogP contribution in [0.2, 0.25) is 0 Å². The molecule has 1 aromatic rings. The number of amides is 1. The first-order valence-electron chi connectivity index (χ1n) is 10.2. The number of nitrogens with one attached hydrogen (secondary N) is 1. The van der Waals surface area contributed by atoms with E-state index >= 15 is 0 Å². The number of rotatable bonds is 3. The Kier molecular flexibility index (Phi) is 7.29. The normalized spacial score (nSPS) is 26.1. The number of nitrogens with zero attached hydrogens (tertiary/aromatic N) is 3. The summed E-state index contributed by atoms with van der Waals surface area (Å²) in [5, 5.41) is 10.3. The zero-order chi connectivity index (χ0) is 22.6. The average Bonchev–Trinajstić information content (AvgIpc) is 3.37. The summed E-state index contributed by atoms with van der Waals surface area (Å²) in [7, 11) is 0. The van der Waals surface area contributed by atoms with E-state index in [1.54, 1.807) is 0 Å². The van der Waals surface area contributed by atoms with Crippen molar-refractivity contribution in [2.45, 2.75) is 75.4 Å². The summed E-state index contributed by atoms with van der Waals surface area (Å²) in [6.45, 7) is 0.776. The molecule has 2 aliphatic heterocycles. The van der Waals surface area contributed by atoms with Crippen molar-refractivity contribution in [2.75, 3.05) is 11.4 Å². The van der Waals surface area contributed by atoms with Crippen molar-refractivity contribution in [2.24, 2.45) is 0 Å². The highest BCUT2D eigenvalue weighted by molar-refractivity contribution is 5.81. The number of halogens is 4. The third kappa shape index (κ3) is 6.02. The quantitative estimate of drug-likeness (QED) is 0.685. The molecule has 0 bridgehead atoms. The van der Waals surface area contributed by atoms with E-state index < -0.39 is 18.0 Å². The Balaban J connectivity index is 0.000000339. The monoisotopic (exact) mass is 448 g/mol. The van der Waals surface area contributed by atoms with Gasteiger partial charge in [0.2, 0.25) is 11.9 Å². The Bertz CT molecular complexity index is 771. The molecule has 3 aliphatic rings. The van der Waals surface area contributed by atoms with E-state index in [9.17, 15) is 22.4 Å². The SMILES string of the molecule is O=C(NC1CCCC1)[C@H]1CC[C@@H]2[C@@H](CCN2c2ncc(F)cn2)O1.O=C(O)C(F)(F)F. The van der Waals surface area contributed by atoms with Gasteiger partial charge in [0.1, 0.15) is 6.10 Å². The van der Waals surface area contributed by atoms with Gasteiger partial charge in [-0.1, -0.05) is 12.8 Å². The van der Waals surface area contributed by atoms with Crippen molar-refractivity contribution in [3.8, 4) is 0 Å². The highest BCUT2D eigenvalue weighted by Crippen LogP contribution is 2.33. The molecule has 0 aromatic carbocycles. The number of hydrogen-bond acceptors (Lipinski definition) is 6. The Hall–Kier alpha value is -2.50. The number of ether oxygens (including phenoxy) is 1. The minimum Gasteiger partial charge on any atom is -0.475 e. The first kappa shape index (κ1) is 23.2. The highest BCUT2D eigenvalue weighted by Gasteiger charge is 2.43. The number of carboxylic acids is 1. The second kappa shape index (κ2) is 9.75. The summed E-state index contributed by atoms with van der Waals surface area (Å²) in [4.78, 5) is 31.5. The van der Waals surface area contributed by atoms with Gasteiger partial charge >= 0.3 is 12.1 Å².